The molecule has 0 atom stereocenters. The number of rotatable bonds is 7. The monoisotopic (exact) mass is 378 g/mol. The Morgan fingerprint density at radius 3 is 2.61 bits per heavy atom. The first-order valence-corrected chi connectivity index (χ1v) is 8.79. The number of aromatic amines is 1. The Morgan fingerprint density at radius 2 is 1.93 bits per heavy atom. The number of nitrogens with one attached hydrogen (secondary N) is 3. The maximum Gasteiger partial charge on any atom is 0.287 e. The number of H-pyrrole nitrogens is 1. The summed E-state index contributed by atoms with van der Waals surface area (Å²) in [7, 11) is 1.46. The number of aromatic hydroxyl groups is 1. The van der Waals surface area contributed by atoms with E-state index in [1.54, 1.807) is 18.2 Å². The van der Waals surface area contributed by atoms with Gasteiger partial charge in [-0.2, -0.15) is 5.10 Å². The van der Waals surface area contributed by atoms with Crippen LogP contribution in [0.1, 0.15) is 28.5 Å². The first kappa shape index (κ1) is 19.0. The molecule has 28 heavy (non-hydrogen) atoms. The van der Waals surface area contributed by atoms with Gasteiger partial charge in [-0.1, -0.05) is 37.8 Å². The molecule has 1 heterocycles. The van der Waals surface area contributed by atoms with Crippen LogP contribution in [-0.4, -0.2) is 28.3 Å². The third-order valence-electron chi connectivity index (χ3n) is 4.34. The standard InChI is InChI=1S/C21H22N4O3/c1-4-14-5-7-15(8-6-14)17-12-18(24-23-17)21(27)25-22-13(2)16-9-10-19(26)20(11-16)28-3/h5-12,22,26H,2,4H2,1,3H3,(H,23,24)(H,25,27). The van der Waals surface area contributed by atoms with Gasteiger partial charge in [0.2, 0.25) is 0 Å². The molecule has 0 unspecified atom stereocenters. The molecule has 0 bridgehead atoms. The van der Waals surface area contributed by atoms with Gasteiger partial charge >= 0.3 is 0 Å². The van der Waals surface area contributed by atoms with Crippen LogP contribution in [0.2, 0.25) is 0 Å². The van der Waals surface area contributed by atoms with E-state index in [9.17, 15) is 9.90 Å². The molecule has 0 radical (unpaired) electrons. The SMILES string of the molecule is C=C(NNC(=O)c1cc(-c2ccc(CC)cc2)n[nH]1)c1ccc(O)c(OC)c1. The van der Waals surface area contributed by atoms with Crippen molar-refractivity contribution in [3.05, 3.63) is 71.9 Å². The Balaban J connectivity index is 1.63. The molecule has 4 N–H and O–H groups in total. The first-order valence-electron chi connectivity index (χ1n) is 8.79. The third kappa shape index (κ3) is 4.15. The summed E-state index contributed by atoms with van der Waals surface area (Å²) in [5.74, 6) is -0.0325. The third-order valence-corrected chi connectivity index (χ3v) is 4.34. The van der Waals surface area contributed by atoms with Crippen LogP contribution in [0.3, 0.4) is 0 Å². The lowest BCUT2D eigenvalue weighted by molar-refractivity contribution is 0.0937. The van der Waals surface area contributed by atoms with Gasteiger partial charge < -0.3 is 9.84 Å². The van der Waals surface area contributed by atoms with Crippen molar-refractivity contribution in [3.8, 4) is 22.8 Å². The highest BCUT2D eigenvalue weighted by atomic mass is 16.5. The number of methoxy groups -OCH3 is 1. The summed E-state index contributed by atoms with van der Waals surface area (Å²) in [6.07, 6.45) is 0.969. The minimum atomic E-state index is -0.379. The van der Waals surface area contributed by atoms with E-state index < -0.39 is 0 Å². The second-order valence-electron chi connectivity index (χ2n) is 6.16. The predicted molar refractivity (Wildman–Crippen MR) is 108 cm³/mol. The van der Waals surface area contributed by atoms with E-state index in [1.807, 2.05) is 24.3 Å². The summed E-state index contributed by atoms with van der Waals surface area (Å²) < 4.78 is 5.07. The molecule has 0 saturated carbocycles. The van der Waals surface area contributed by atoms with Gasteiger partial charge in [0.15, 0.2) is 11.5 Å². The number of aryl methyl sites for hydroxylation is 1. The zero-order chi connectivity index (χ0) is 20.1. The molecule has 7 nitrogen and oxygen atoms in total. The molecule has 0 aliphatic heterocycles. The Hall–Kier alpha value is -3.74. The van der Waals surface area contributed by atoms with Crippen LogP contribution in [0.15, 0.2) is 55.1 Å². The van der Waals surface area contributed by atoms with Crippen LogP contribution in [-0.2, 0) is 6.42 Å². The van der Waals surface area contributed by atoms with E-state index in [0.29, 0.717) is 28.4 Å². The number of hydrogen-bond acceptors (Lipinski definition) is 5. The predicted octanol–water partition coefficient (Wildman–Crippen LogP) is 3.26. The van der Waals surface area contributed by atoms with Gasteiger partial charge in [0.05, 0.1) is 18.5 Å². The first-order chi connectivity index (χ1) is 13.5. The van der Waals surface area contributed by atoms with Crippen LogP contribution >= 0.6 is 0 Å². The minimum absolute atomic E-state index is 0.0278. The van der Waals surface area contributed by atoms with E-state index in [4.69, 9.17) is 4.74 Å². The van der Waals surface area contributed by atoms with Gasteiger partial charge in [-0.25, -0.2) is 0 Å². The maximum atomic E-state index is 12.4. The van der Waals surface area contributed by atoms with Crippen molar-refractivity contribution >= 4 is 11.6 Å². The topological polar surface area (TPSA) is 99.3 Å². The second-order valence-corrected chi connectivity index (χ2v) is 6.16. The number of hydrogen-bond donors (Lipinski definition) is 4. The molecule has 1 aromatic heterocycles. The van der Waals surface area contributed by atoms with E-state index in [1.165, 1.54) is 18.7 Å². The molecule has 0 aliphatic rings. The number of aromatic nitrogens is 2. The maximum absolute atomic E-state index is 12.4. The van der Waals surface area contributed by atoms with Gasteiger partial charge in [-0.3, -0.25) is 20.7 Å². The zero-order valence-electron chi connectivity index (χ0n) is 15.7. The van der Waals surface area contributed by atoms with E-state index >= 15 is 0 Å². The molecular weight excluding hydrogens is 356 g/mol. The number of ether oxygens (including phenoxy) is 1. The smallest absolute Gasteiger partial charge is 0.287 e. The van der Waals surface area contributed by atoms with E-state index in [2.05, 4.69) is 34.6 Å². The number of carbonyl (C=O) groups is 1. The van der Waals surface area contributed by atoms with Crippen molar-refractivity contribution in [2.75, 3.05) is 7.11 Å². The molecule has 0 fully saturated rings. The number of phenolic OH excluding ortho intramolecular Hbond substituents is 1. The highest BCUT2D eigenvalue weighted by Crippen LogP contribution is 2.28. The van der Waals surface area contributed by atoms with Crippen molar-refractivity contribution in [1.82, 2.24) is 21.0 Å². The van der Waals surface area contributed by atoms with Crippen LogP contribution in [0.4, 0.5) is 0 Å². The lowest BCUT2D eigenvalue weighted by atomic mass is 10.1. The molecule has 3 aromatic rings. The molecule has 0 aliphatic carbocycles. The van der Waals surface area contributed by atoms with Crippen molar-refractivity contribution in [3.63, 3.8) is 0 Å². The van der Waals surface area contributed by atoms with Gasteiger partial charge in [0, 0.05) is 11.1 Å². The molecule has 0 saturated heterocycles. The van der Waals surface area contributed by atoms with Crippen LogP contribution in [0.5, 0.6) is 11.5 Å². The summed E-state index contributed by atoms with van der Waals surface area (Å²) in [5, 5.41) is 16.6. The average Bonchev–Trinajstić information content (AvgIpc) is 3.22. The zero-order valence-corrected chi connectivity index (χ0v) is 15.7. The Kier molecular flexibility index (Phi) is 5.64. The normalized spacial score (nSPS) is 10.4. The second kappa shape index (κ2) is 8.30. The number of phenols is 1. The van der Waals surface area contributed by atoms with Crippen LogP contribution in [0, 0.1) is 0 Å². The Bertz CT molecular complexity index is 993. The van der Waals surface area contributed by atoms with Crippen LogP contribution in [0.25, 0.3) is 17.0 Å². The summed E-state index contributed by atoms with van der Waals surface area (Å²) in [5.41, 5.74) is 9.61. The van der Waals surface area contributed by atoms with Gasteiger partial charge in [0.1, 0.15) is 5.69 Å². The van der Waals surface area contributed by atoms with Gasteiger partial charge in [-0.05, 0) is 36.2 Å². The lowest BCUT2D eigenvalue weighted by Gasteiger charge is -2.12. The molecule has 3 rings (SSSR count). The highest BCUT2D eigenvalue weighted by molar-refractivity contribution is 5.93. The largest absolute Gasteiger partial charge is 0.504 e. The molecule has 0 spiro atoms. The van der Waals surface area contributed by atoms with Crippen molar-refractivity contribution in [2.45, 2.75) is 13.3 Å². The molecule has 1 amide bonds. The van der Waals surface area contributed by atoms with E-state index in [-0.39, 0.29) is 11.7 Å². The van der Waals surface area contributed by atoms with E-state index in [0.717, 1.165) is 12.0 Å². The molecule has 2 aromatic carbocycles. The van der Waals surface area contributed by atoms with Gasteiger partial charge in [-0.15, -0.1) is 0 Å². The fraction of sp³-hybridized carbons (Fsp3) is 0.143. The quantitative estimate of drug-likeness (QED) is 0.473. The Morgan fingerprint density at radius 1 is 1.18 bits per heavy atom. The fourth-order valence-corrected chi connectivity index (χ4v) is 2.63. The number of amides is 1. The number of hydrazine groups is 1. The van der Waals surface area contributed by atoms with Crippen LogP contribution < -0.4 is 15.6 Å². The molecule has 7 heteroatoms. The summed E-state index contributed by atoms with van der Waals surface area (Å²) >= 11 is 0. The lowest BCUT2D eigenvalue weighted by Crippen LogP contribution is -2.36. The summed E-state index contributed by atoms with van der Waals surface area (Å²) in [6.45, 7) is 5.97. The Labute approximate surface area is 163 Å². The average molecular weight is 378 g/mol. The van der Waals surface area contributed by atoms with Crippen molar-refractivity contribution < 1.29 is 14.6 Å². The number of nitrogens with zero attached hydrogens (tertiary/aromatic N) is 1. The summed E-state index contributed by atoms with van der Waals surface area (Å²) in [6, 6.07) is 14.5. The fourth-order valence-electron chi connectivity index (χ4n) is 2.63. The number of carbonyl (C=O) groups excluding carboxylic acids is 1. The highest BCUT2D eigenvalue weighted by Gasteiger charge is 2.12. The minimum Gasteiger partial charge on any atom is -0.504 e. The van der Waals surface area contributed by atoms with Crippen molar-refractivity contribution in [2.24, 2.45) is 0 Å². The van der Waals surface area contributed by atoms with Gasteiger partial charge in [0.25, 0.3) is 5.91 Å². The number of benzene rings is 2. The summed E-state index contributed by atoms with van der Waals surface area (Å²) in [4.78, 5) is 12.4. The molecular formula is C21H22N4O3. The molecule has 144 valence electrons. The van der Waals surface area contributed by atoms with Crippen molar-refractivity contribution in [1.29, 1.82) is 0 Å².